The highest BCUT2D eigenvalue weighted by Crippen LogP contribution is 2.27. The fourth-order valence-corrected chi connectivity index (χ4v) is 2.91. The zero-order valence-electron chi connectivity index (χ0n) is 14.8. The SMILES string of the molecule is Cc1cc(NC(=O)CS[C@@H](C)c2nc(N)nc(Nc3ccccc3)n2)no1. The maximum Gasteiger partial charge on any atom is 0.235 e. The van der Waals surface area contributed by atoms with E-state index in [-0.39, 0.29) is 22.9 Å². The number of carbonyl (C=O) groups excluding carboxylic acids is 1. The highest BCUT2D eigenvalue weighted by molar-refractivity contribution is 8.00. The molecule has 0 bridgehead atoms. The van der Waals surface area contributed by atoms with Gasteiger partial charge in [-0.25, -0.2) is 0 Å². The Morgan fingerprint density at radius 1 is 1.26 bits per heavy atom. The Balaban J connectivity index is 1.60. The van der Waals surface area contributed by atoms with E-state index in [2.05, 4.69) is 30.7 Å². The van der Waals surface area contributed by atoms with Gasteiger partial charge < -0.3 is 20.9 Å². The molecule has 1 amide bonds. The molecule has 0 aliphatic carbocycles. The number of aryl methyl sites for hydroxylation is 1. The summed E-state index contributed by atoms with van der Waals surface area (Å²) in [5.41, 5.74) is 6.65. The molecule has 2 heterocycles. The fourth-order valence-electron chi connectivity index (χ4n) is 2.18. The van der Waals surface area contributed by atoms with Crippen molar-refractivity contribution >= 4 is 41.1 Å². The molecule has 10 heteroatoms. The lowest BCUT2D eigenvalue weighted by atomic mass is 10.3. The molecular weight excluding hydrogens is 366 g/mol. The summed E-state index contributed by atoms with van der Waals surface area (Å²) < 4.78 is 4.92. The number of nitrogens with one attached hydrogen (secondary N) is 2. The number of anilines is 4. The molecule has 0 unspecified atom stereocenters. The molecule has 3 aromatic rings. The largest absolute Gasteiger partial charge is 0.368 e. The number of aromatic nitrogens is 4. The van der Waals surface area contributed by atoms with Gasteiger partial charge in [-0.3, -0.25) is 4.79 Å². The standard InChI is InChI=1S/C17H19N7O2S/c1-10-8-13(24-26-10)20-14(25)9-27-11(2)15-21-16(18)23-17(22-15)19-12-6-4-3-5-7-12/h3-8,11H,9H2,1-2H3,(H,20,24,25)(H3,18,19,21,22,23)/t11-/m0/s1. The van der Waals surface area contributed by atoms with Crippen LogP contribution in [0.5, 0.6) is 0 Å². The average molecular weight is 385 g/mol. The van der Waals surface area contributed by atoms with Crippen molar-refractivity contribution < 1.29 is 9.32 Å². The fraction of sp³-hybridized carbons (Fsp3) is 0.235. The second-order valence-corrected chi connectivity index (χ2v) is 7.02. The van der Waals surface area contributed by atoms with Gasteiger partial charge in [-0.2, -0.15) is 15.0 Å². The topological polar surface area (TPSA) is 132 Å². The van der Waals surface area contributed by atoms with E-state index in [1.54, 1.807) is 13.0 Å². The molecule has 0 aliphatic heterocycles. The van der Waals surface area contributed by atoms with E-state index in [1.165, 1.54) is 11.8 Å². The molecular formula is C17H19N7O2S. The minimum Gasteiger partial charge on any atom is -0.368 e. The number of hydrogen-bond acceptors (Lipinski definition) is 9. The summed E-state index contributed by atoms with van der Waals surface area (Å²) >= 11 is 1.38. The Bertz CT molecular complexity index is 917. The number of benzene rings is 1. The monoisotopic (exact) mass is 385 g/mol. The van der Waals surface area contributed by atoms with E-state index in [0.29, 0.717) is 23.4 Å². The molecule has 3 rings (SSSR count). The molecule has 0 aliphatic rings. The summed E-state index contributed by atoms with van der Waals surface area (Å²) in [5, 5.41) is 9.33. The second-order valence-electron chi connectivity index (χ2n) is 5.69. The van der Waals surface area contributed by atoms with Crippen molar-refractivity contribution in [2.75, 3.05) is 22.1 Å². The molecule has 0 saturated carbocycles. The minimum atomic E-state index is -0.190. The van der Waals surface area contributed by atoms with Gasteiger partial charge >= 0.3 is 0 Å². The van der Waals surface area contributed by atoms with Gasteiger partial charge in [0.2, 0.25) is 17.8 Å². The Morgan fingerprint density at radius 3 is 2.74 bits per heavy atom. The minimum absolute atomic E-state index is 0.119. The highest BCUT2D eigenvalue weighted by atomic mass is 32.2. The number of hydrogen-bond donors (Lipinski definition) is 3. The molecule has 0 radical (unpaired) electrons. The van der Waals surface area contributed by atoms with Gasteiger partial charge in [0.1, 0.15) is 11.6 Å². The molecule has 140 valence electrons. The maximum absolute atomic E-state index is 12.0. The summed E-state index contributed by atoms with van der Waals surface area (Å²) in [4.78, 5) is 24.7. The number of amides is 1. The van der Waals surface area contributed by atoms with E-state index < -0.39 is 0 Å². The van der Waals surface area contributed by atoms with Crippen LogP contribution in [0.15, 0.2) is 40.9 Å². The Kier molecular flexibility index (Phi) is 5.87. The lowest BCUT2D eigenvalue weighted by molar-refractivity contribution is -0.113. The van der Waals surface area contributed by atoms with Crippen LogP contribution in [0.1, 0.15) is 23.8 Å². The Hall–Kier alpha value is -3.14. The van der Waals surface area contributed by atoms with Crippen LogP contribution >= 0.6 is 11.8 Å². The number of nitrogens with two attached hydrogens (primary N) is 1. The van der Waals surface area contributed by atoms with Gasteiger partial charge in [0.15, 0.2) is 5.82 Å². The first-order valence-corrected chi connectivity index (χ1v) is 9.23. The van der Waals surface area contributed by atoms with Crippen LogP contribution in [0.25, 0.3) is 0 Å². The van der Waals surface area contributed by atoms with E-state index in [4.69, 9.17) is 10.3 Å². The van der Waals surface area contributed by atoms with Crippen molar-refractivity contribution in [1.82, 2.24) is 20.1 Å². The number of para-hydroxylation sites is 1. The lowest BCUT2D eigenvalue weighted by Crippen LogP contribution is -2.15. The summed E-state index contributed by atoms with van der Waals surface area (Å²) in [6.07, 6.45) is 0. The molecule has 4 N–H and O–H groups in total. The summed E-state index contributed by atoms with van der Waals surface area (Å²) in [6.45, 7) is 3.66. The zero-order valence-corrected chi connectivity index (χ0v) is 15.7. The molecule has 27 heavy (non-hydrogen) atoms. The first kappa shape index (κ1) is 18.6. The van der Waals surface area contributed by atoms with Crippen molar-refractivity contribution in [3.05, 3.63) is 48.0 Å². The number of nitrogens with zero attached hydrogens (tertiary/aromatic N) is 4. The smallest absolute Gasteiger partial charge is 0.235 e. The second kappa shape index (κ2) is 8.49. The van der Waals surface area contributed by atoms with Crippen molar-refractivity contribution in [3.8, 4) is 0 Å². The predicted molar refractivity (Wildman–Crippen MR) is 105 cm³/mol. The van der Waals surface area contributed by atoms with Gasteiger partial charge in [-0.15, -0.1) is 11.8 Å². The third-order valence-corrected chi connectivity index (χ3v) is 4.56. The molecule has 2 aromatic heterocycles. The maximum atomic E-state index is 12.0. The van der Waals surface area contributed by atoms with Crippen LogP contribution in [0, 0.1) is 6.92 Å². The quantitative estimate of drug-likeness (QED) is 0.561. The average Bonchev–Trinajstić information content (AvgIpc) is 3.04. The van der Waals surface area contributed by atoms with Gasteiger partial charge in [0, 0.05) is 11.8 Å². The molecule has 0 spiro atoms. The van der Waals surface area contributed by atoms with E-state index >= 15 is 0 Å². The highest BCUT2D eigenvalue weighted by Gasteiger charge is 2.15. The van der Waals surface area contributed by atoms with Crippen LogP contribution in [0.3, 0.4) is 0 Å². The predicted octanol–water partition coefficient (Wildman–Crippen LogP) is 2.93. The molecule has 1 atom stereocenters. The lowest BCUT2D eigenvalue weighted by Gasteiger charge is -2.12. The van der Waals surface area contributed by atoms with Gasteiger partial charge in [-0.1, -0.05) is 23.4 Å². The summed E-state index contributed by atoms with van der Waals surface area (Å²) in [6, 6.07) is 11.2. The van der Waals surface area contributed by atoms with Crippen LogP contribution in [-0.2, 0) is 4.79 Å². The number of nitrogen functional groups attached to an aromatic ring is 1. The molecule has 0 saturated heterocycles. The van der Waals surface area contributed by atoms with E-state index in [0.717, 1.165) is 5.69 Å². The van der Waals surface area contributed by atoms with Crippen LogP contribution in [0.2, 0.25) is 0 Å². The summed E-state index contributed by atoms with van der Waals surface area (Å²) in [5.74, 6) is 2.02. The van der Waals surface area contributed by atoms with E-state index in [9.17, 15) is 4.79 Å². The van der Waals surface area contributed by atoms with Crippen LogP contribution in [0.4, 0.5) is 23.4 Å². The molecule has 0 fully saturated rings. The Morgan fingerprint density at radius 2 is 2.04 bits per heavy atom. The first-order valence-electron chi connectivity index (χ1n) is 8.18. The van der Waals surface area contributed by atoms with Crippen molar-refractivity contribution in [1.29, 1.82) is 0 Å². The molecule has 9 nitrogen and oxygen atoms in total. The molecule has 1 aromatic carbocycles. The van der Waals surface area contributed by atoms with Crippen molar-refractivity contribution in [3.63, 3.8) is 0 Å². The normalized spacial score (nSPS) is 11.8. The Labute approximate surface area is 160 Å². The number of carbonyl (C=O) groups is 1. The van der Waals surface area contributed by atoms with E-state index in [1.807, 2.05) is 37.3 Å². The van der Waals surface area contributed by atoms with Gasteiger partial charge in [0.05, 0.1) is 11.0 Å². The van der Waals surface area contributed by atoms with Crippen LogP contribution < -0.4 is 16.4 Å². The van der Waals surface area contributed by atoms with Crippen LogP contribution in [-0.4, -0.2) is 31.8 Å². The van der Waals surface area contributed by atoms with Crippen molar-refractivity contribution in [2.45, 2.75) is 19.1 Å². The third kappa shape index (κ3) is 5.42. The zero-order chi connectivity index (χ0) is 19.2. The van der Waals surface area contributed by atoms with Gasteiger partial charge in [-0.05, 0) is 26.0 Å². The van der Waals surface area contributed by atoms with Gasteiger partial charge in [0.25, 0.3) is 0 Å². The van der Waals surface area contributed by atoms with Crippen molar-refractivity contribution in [2.24, 2.45) is 0 Å². The number of rotatable bonds is 7. The first-order chi connectivity index (χ1) is 13.0. The number of thioether (sulfide) groups is 1. The summed E-state index contributed by atoms with van der Waals surface area (Å²) in [7, 11) is 0. The third-order valence-electron chi connectivity index (χ3n) is 3.42.